The van der Waals surface area contributed by atoms with Gasteiger partial charge in [0.2, 0.25) is 0 Å². The van der Waals surface area contributed by atoms with E-state index in [-0.39, 0.29) is 12.7 Å². The Morgan fingerprint density at radius 2 is 2.28 bits per heavy atom. The monoisotopic (exact) mass is 270 g/mol. The minimum absolute atomic E-state index is 0.0214. The third-order valence-corrected chi connectivity index (χ3v) is 2.83. The van der Waals surface area contributed by atoms with Crippen molar-refractivity contribution in [3.63, 3.8) is 0 Å². The van der Waals surface area contributed by atoms with Crippen LogP contribution in [0.4, 0.5) is 5.82 Å². The first-order chi connectivity index (χ1) is 8.52. The van der Waals surface area contributed by atoms with Crippen molar-refractivity contribution in [1.82, 2.24) is 4.98 Å². The molecule has 5 nitrogen and oxygen atoms in total. The molecular formula is C12H18N2O3S. The highest BCUT2D eigenvalue weighted by molar-refractivity contribution is 7.98. The number of nitrogens with one attached hydrogen (secondary N) is 1. The fourth-order valence-corrected chi connectivity index (χ4v) is 1.51. The molecule has 0 aromatic carbocycles. The van der Waals surface area contributed by atoms with Gasteiger partial charge >= 0.3 is 0 Å². The molecule has 0 fully saturated rings. The molecule has 1 rings (SSSR count). The molecule has 1 aromatic heterocycles. The van der Waals surface area contributed by atoms with Crippen LogP contribution in [0.2, 0.25) is 0 Å². The first-order valence-corrected chi connectivity index (χ1v) is 6.86. The largest absolute Gasteiger partial charge is 0.381 e. The van der Waals surface area contributed by atoms with Gasteiger partial charge in [0.1, 0.15) is 5.82 Å². The van der Waals surface area contributed by atoms with Crippen LogP contribution in [0.3, 0.4) is 0 Å². The highest BCUT2D eigenvalue weighted by Gasteiger charge is 2.16. The molecule has 1 heterocycles. The fourth-order valence-electron chi connectivity index (χ4n) is 1.14. The molecular weight excluding hydrogens is 252 g/mol. The standard InChI is InChI=1S/C12H18N2O3S/c1-8(2)17-7-10(15)12(16)14-11-5-4-9(18-3)6-13-11/h4-6,8,10,15H,7H2,1-3H3,(H,13,14,16)/t10-/m0/s1. The van der Waals surface area contributed by atoms with E-state index < -0.39 is 12.0 Å². The average Bonchev–Trinajstić information content (AvgIpc) is 2.36. The van der Waals surface area contributed by atoms with Gasteiger partial charge < -0.3 is 15.2 Å². The van der Waals surface area contributed by atoms with Crippen molar-refractivity contribution >= 4 is 23.5 Å². The number of carbonyl (C=O) groups is 1. The number of nitrogens with zero attached hydrogens (tertiary/aromatic N) is 1. The lowest BCUT2D eigenvalue weighted by atomic mass is 10.3. The maximum Gasteiger partial charge on any atom is 0.256 e. The molecule has 100 valence electrons. The molecule has 0 spiro atoms. The van der Waals surface area contributed by atoms with Crippen LogP contribution in [0, 0.1) is 0 Å². The van der Waals surface area contributed by atoms with E-state index in [4.69, 9.17) is 4.74 Å². The van der Waals surface area contributed by atoms with Crippen LogP contribution < -0.4 is 5.32 Å². The second-order valence-corrected chi connectivity index (χ2v) is 4.85. The van der Waals surface area contributed by atoms with E-state index in [1.165, 1.54) is 0 Å². The molecule has 0 saturated heterocycles. The molecule has 1 amide bonds. The highest BCUT2D eigenvalue weighted by atomic mass is 32.2. The van der Waals surface area contributed by atoms with Crippen molar-refractivity contribution < 1.29 is 14.6 Å². The number of pyridine rings is 1. The maximum absolute atomic E-state index is 11.6. The average molecular weight is 270 g/mol. The summed E-state index contributed by atoms with van der Waals surface area (Å²) in [7, 11) is 0. The molecule has 1 atom stereocenters. The Kier molecular flexibility index (Phi) is 6.11. The molecule has 0 bridgehead atoms. The Hall–Kier alpha value is -1.11. The van der Waals surface area contributed by atoms with Crippen molar-refractivity contribution in [3.8, 4) is 0 Å². The summed E-state index contributed by atoms with van der Waals surface area (Å²) in [5.41, 5.74) is 0. The zero-order valence-electron chi connectivity index (χ0n) is 10.7. The lowest BCUT2D eigenvalue weighted by Gasteiger charge is -2.13. The Bertz CT molecular complexity index is 381. The molecule has 0 saturated carbocycles. The van der Waals surface area contributed by atoms with Crippen LogP contribution in [-0.2, 0) is 9.53 Å². The van der Waals surface area contributed by atoms with E-state index in [1.807, 2.05) is 26.2 Å². The number of anilines is 1. The quantitative estimate of drug-likeness (QED) is 0.767. The molecule has 0 radical (unpaired) electrons. The third-order valence-electron chi connectivity index (χ3n) is 2.11. The second kappa shape index (κ2) is 7.35. The molecule has 18 heavy (non-hydrogen) atoms. The predicted octanol–water partition coefficient (Wildman–Crippen LogP) is 1.53. The van der Waals surface area contributed by atoms with Gasteiger partial charge in [0, 0.05) is 11.1 Å². The van der Waals surface area contributed by atoms with E-state index in [0.717, 1.165) is 4.90 Å². The molecule has 0 aliphatic carbocycles. The molecule has 2 N–H and O–H groups in total. The summed E-state index contributed by atoms with van der Waals surface area (Å²) in [6.07, 6.45) is 2.40. The van der Waals surface area contributed by atoms with Gasteiger partial charge in [-0.2, -0.15) is 0 Å². The summed E-state index contributed by atoms with van der Waals surface area (Å²) in [5, 5.41) is 12.1. The van der Waals surface area contributed by atoms with Gasteiger partial charge in [0.25, 0.3) is 5.91 Å². The number of aliphatic hydroxyl groups is 1. The van der Waals surface area contributed by atoms with E-state index >= 15 is 0 Å². The zero-order chi connectivity index (χ0) is 13.5. The van der Waals surface area contributed by atoms with Gasteiger partial charge in [-0.05, 0) is 32.2 Å². The van der Waals surface area contributed by atoms with E-state index in [1.54, 1.807) is 24.0 Å². The van der Waals surface area contributed by atoms with Crippen LogP contribution in [0.25, 0.3) is 0 Å². The maximum atomic E-state index is 11.6. The number of aromatic nitrogens is 1. The van der Waals surface area contributed by atoms with Crippen molar-refractivity contribution in [2.75, 3.05) is 18.2 Å². The number of thioether (sulfide) groups is 1. The SMILES string of the molecule is CSc1ccc(NC(=O)[C@@H](O)COC(C)C)nc1. The Morgan fingerprint density at radius 1 is 1.56 bits per heavy atom. The van der Waals surface area contributed by atoms with Crippen molar-refractivity contribution in [2.24, 2.45) is 0 Å². The fraction of sp³-hybridized carbons (Fsp3) is 0.500. The number of aliphatic hydroxyl groups excluding tert-OH is 1. The minimum atomic E-state index is -1.19. The first-order valence-electron chi connectivity index (χ1n) is 5.63. The van der Waals surface area contributed by atoms with Crippen LogP contribution in [0.5, 0.6) is 0 Å². The van der Waals surface area contributed by atoms with E-state index in [0.29, 0.717) is 5.82 Å². The first kappa shape index (κ1) is 14.9. The summed E-state index contributed by atoms with van der Waals surface area (Å²) in [5.74, 6) is -0.0959. The van der Waals surface area contributed by atoms with Gasteiger partial charge in [0.05, 0.1) is 12.7 Å². The van der Waals surface area contributed by atoms with Crippen molar-refractivity contribution in [2.45, 2.75) is 31.0 Å². The summed E-state index contributed by atoms with van der Waals surface area (Å²) >= 11 is 1.57. The number of hydrogen-bond acceptors (Lipinski definition) is 5. The normalized spacial score (nSPS) is 12.5. The molecule has 0 aliphatic heterocycles. The molecule has 1 aromatic rings. The van der Waals surface area contributed by atoms with Crippen LogP contribution in [0.15, 0.2) is 23.2 Å². The van der Waals surface area contributed by atoms with E-state index in [9.17, 15) is 9.90 Å². The van der Waals surface area contributed by atoms with Gasteiger partial charge in [0.15, 0.2) is 6.10 Å². The molecule has 6 heteroatoms. The Labute approximate surface area is 111 Å². The highest BCUT2D eigenvalue weighted by Crippen LogP contribution is 2.14. The number of amides is 1. The summed E-state index contributed by atoms with van der Waals surface area (Å²) < 4.78 is 5.16. The number of hydrogen-bond donors (Lipinski definition) is 2. The summed E-state index contributed by atoms with van der Waals surface area (Å²) in [6, 6.07) is 3.55. The van der Waals surface area contributed by atoms with E-state index in [2.05, 4.69) is 10.3 Å². The number of ether oxygens (including phenoxy) is 1. The van der Waals surface area contributed by atoms with Gasteiger partial charge in [-0.25, -0.2) is 4.98 Å². The topological polar surface area (TPSA) is 71.5 Å². The summed E-state index contributed by atoms with van der Waals surface area (Å²) in [4.78, 5) is 16.7. The molecule has 0 aliphatic rings. The van der Waals surface area contributed by atoms with Crippen LogP contribution in [0.1, 0.15) is 13.8 Å². The van der Waals surface area contributed by atoms with Crippen LogP contribution in [-0.4, -0.2) is 41.1 Å². The van der Waals surface area contributed by atoms with Gasteiger partial charge in [-0.1, -0.05) is 0 Å². The lowest BCUT2D eigenvalue weighted by molar-refractivity contribution is -0.127. The van der Waals surface area contributed by atoms with Gasteiger partial charge in [-0.3, -0.25) is 4.79 Å². The lowest BCUT2D eigenvalue weighted by Crippen LogP contribution is -2.32. The zero-order valence-corrected chi connectivity index (χ0v) is 11.5. The number of rotatable bonds is 6. The minimum Gasteiger partial charge on any atom is -0.381 e. The van der Waals surface area contributed by atoms with Gasteiger partial charge in [-0.15, -0.1) is 11.8 Å². The Balaban J connectivity index is 2.47. The summed E-state index contributed by atoms with van der Waals surface area (Å²) in [6.45, 7) is 3.66. The smallest absolute Gasteiger partial charge is 0.256 e. The van der Waals surface area contributed by atoms with Crippen LogP contribution >= 0.6 is 11.8 Å². The third kappa shape index (κ3) is 5.03. The second-order valence-electron chi connectivity index (χ2n) is 3.97. The van der Waals surface area contributed by atoms with Crippen molar-refractivity contribution in [3.05, 3.63) is 18.3 Å². The Morgan fingerprint density at radius 3 is 2.78 bits per heavy atom. The predicted molar refractivity (Wildman–Crippen MR) is 71.7 cm³/mol. The molecule has 0 unspecified atom stereocenters. The van der Waals surface area contributed by atoms with Crippen molar-refractivity contribution in [1.29, 1.82) is 0 Å². The number of carbonyl (C=O) groups excluding carboxylic acids is 1.